The second-order valence-electron chi connectivity index (χ2n) is 6.67. The van der Waals surface area contributed by atoms with E-state index >= 15 is 0 Å². The first kappa shape index (κ1) is 16.5. The van der Waals surface area contributed by atoms with Crippen molar-refractivity contribution in [3.05, 3.63) is 36.0 Å². The zero-order chi connectivity index (χ0) is 15.2. The number of unbranched alkanes of at least 4 members (excludes halogenated alkanes) is 1. The number of allylic oxidation sites excluding steroid dienone is 3. The van der Waals surface area contributed by atoms with E-state index in [0.29, 0.717) is 18.0 Å². The number of hydrogen-bond donors (Lipinski definition) is 2. The summed E-state index contributed by atoms with van der Waals surface area (Å²) in [5.74, 6) is 1.21. The van der Waals surface area contributed by atoms with E-state index in [2.05, 4.69) is 56.5 Å². The Bertz CT molecular complexity index is 408. The molecule has 0 saturated carbocycles. The van der Waals surface area contributed by atoms with Gasteiger partial charge in [-0.05, 0) is 31.3 Å². The SMILES string of the molecule is CCCCC(CC)C(C)NC1CC=CC2=CC=CC(N)C21. The van der Waals surface area contributed by atoms with Gasteiger partial charge in [-0.3, -0.25) is 0 Å². The van der Waals surface area contributed by atoms with Crippen molar-refractivity contribution >= 4 is 0 Å². The maximum absolute atomic E-state index is 6.34. The highest BCUT2D eigenvalue weighted by atomic mass is 15.0. The number of nitrogens with two attached hydrogens (primary N) is 1. The van der Waals surface area contributed by atoms with E-state index in [9.17, 15) is 0 Å². The molecule has 0 aromatic heterocycles. The van der Waals surface area contributed by atoms with Crippen molar-refractivity contribution in [1.82, 2.24) is 5.32 Å². The van der Waals surface area contributed by atoms with Gasteiger partial charge in [0.15, 0.2) is 0 Å². The second-order valence-corrected chi connectivity index (χ2v) is 6.67. The first-order valence-electron chi connectivity index (χ1n) is 8.73. The lowest BCUT2D eigenvalue weighted by molar-refractivity contribution is 0.266. The monoisotopic (exact) mass is 288 g/mol. The molecule has 0 aromatic carbocycles. The van der Waals surface area contributed by atoms with E-state index < -0.39 is 0 Å². The summed E-state index contributed by atoms with van der Waals surface area (Å²) < 4.78 is 0. The van der Waals surface area contributed by atoms with Crippen LogP contribution in [0.3, 0.4) is 0 Å². The molecule has 0 amide bonds. The van der Waals surface area contributed by atoms with Crippen LogP contribution in [0.15, 0.2) is 36.0 Å². The van der Waals surface area contributed by atoms with E-state index in [1.54, 1.807) is 0 Å². The number of hydrogen-bond acceptors (Lipinski definition) is 2. The van der Waals surface area contributed by atoms with Gasteiger partial charge in [-0.2, -0.15) is 0 Å². The van der Waals surface area contributed by atoms with E-state index in [-0.39, 0.29) is 6.04 Å². The summed E-state index contributed by atoms with van der Waals surface area (Å²) in [6.45, 7) is 6.95. The van der Waals surface area contributed by atoms with Gasteiger partial charge >= 0.3 is 0 Å². The average molecular weight is 288 g/mol. The topological polar surface area (TPSA) is 38.0 Å². The molecule has 2 aliphatic carbocycles. The molecule has 2 aliphatic rings. The van der Waals surface area contributed by atoms with Gasteiger partial charge in [0.25, 0.3) is 0 Å². The maximum Gasteiger partial charge on any atom is 0.0311 e. The molecular weight excluding hydrogens is 256 g/mol. The predicted molar refractivity (Wildman–Crippen MR) is 92.1 cm³/mol. The summed E-state index contributed by atoms with van der Waals surface area (Å²) in [7, 11) is 0. The summed E-state index contributed by atoms with van der Waals surface area (Å²) in [6.07, 6.45) is 17.3. The molecule has 5 atom stereocenters. The highest BCUT2D eigenvalue weighted by Gasteiger charge is 2.32. The summed E-state index contributed by atoms with van der Waals surface area (Å²) in [5.41, 5.74) is 7.73. The lowest BCUT2D eigenvalue weighted by Crippen LogP contribution is -2.51. The number of nitrogens with one attached hydrogen (secondary N) is 1. The lowest BCUT2D eigenvalue weighted by Gasteiger charge is -2.39. The summed E-state index contributed by atoms with van der Waals surface area (Å²) in [5, 5.41) is 3.90. The standard InChI is InChI=1S/C19H32N2/c1-4-6-9-15(5-2)14(3)21-18-13-8-11-16-10-7-12-17(20)19(16)18/h7-8,10-12,14-15,17-19,21H,4-6,9,13,20H2,1-3H3. The van der Waals surface area contributed by atoms with Crippen molar-refractivity contribution in [3.8, 4) is 0 Å². The summed E-state index contributed by atoms with van der Waals surface area (Å²) >= 11 is 0. The highest BCUT2D eigenvalue weighted by Crippen LogP contribution is 2.31. The van der Waals surface area contributed by atoms with Gasteiger partial charge < -0.3 is 11.1 Å². The first-order valence-corrected chi connectivity index (χ1v) is 8.73. The Morgan fingerprint density at radius 3 is 2.90 bits per heavy atom. The van der Waals surface area contributed by atoms with E-state index in [0.717, 1.165) is 12.3 Å². The highest BCUT2D eigenvalue weighted by molar-refractivity contribution is 5.37. The third kappa shape index (κ3) is 4.08. The molecule has 0 saturated heterocycles. The minimum atomic E-state index is 0.148. The molecule has 2 nitrogen and oxygen atoms in total. The first-order chi connectivity index (χ1) is 10.2. The molecule has 0 aliphatic heterocycles. The van der Waals surface area contributed by atoms with Crippen LogP contribution < -0.4 is 11.1 Å². The van der Waals surface area contributed by atoms with E-state index in [4.69, 9.17) is 5.73 Å². The molecule has 0 bridgehead atoms. The Balaban J connectivity index is 1.99. The van der Waals surface area contributed by atoms with Gasteiger partial charge in [0.2, 0.25) is 0 Å². The van der Waals surface area contributed by atoms with Crippen molar-refractivity contribution in [3.63, 3.8) is 0 Å². The third-order valence-corrected chi connectivity index (χ3v) is 5.19. The Kier molecular flexibility index (Phi) is 6.25. The molecule has 0 radical (unpaired) electrons. The van der Waals surface area contributed by atoms with Crippen LogP contribution in [0.25, 0.3) is 0 Å². The summed E-state index contributed by atoms with van der Waals surface area (Å²) in [4.78, 5) is 0. The van der Waals surface area contributed by atoms with Crippen molar-refractivity contribution in [2.24, 2.45) is 17.6 Å². The molecule has 0 spiro atoms. The molecule has 118 valence electrons. The molecule has 2 rings (SSSR count). The van der Waals surface area contributed by atoms with E-state index in [1.807, 2.05) is 0 Å². The quantitative estimate of drug-likeness (QED) is 0.744. The zero-order valence-corrected chi connectivity index (χ0v) is 13.9. The van der Waals surface area contributed by atoms with Gasteiger partial charge in [-0.25, -0.2) is 0 Å². The molecule has 3 N–H and O–H groups in total. The van der Waals surface area contributed by atoms with Gasteiger partial charge in [0, 0.05) is 24.0 Å². The molecule has 21 heavy (non-hydrogen) atoms. The predicted octanol–water partition coefficient (Wildman–Crippen LogP) is 3.95. The molecule has 5 unspecified atom stereocenters. The third-order valence-electron chi connectivity index (χ3n) is 5.19. The maximum atomic E-state index is 6.34. The zero-order valence-electron chi connectivity index (χ0n) is 13.9. The Labute approximate surface area is 130 Å². The van der Waals surface area contributed by atoms with Crippen LogP contribution >= 0.6 is 0 Å². The van der Waals surface area contributed by atoms with Crippen molar-refractivity contribution in [2.45, 2.75) is 71.0 Å². The van der Waals surface area contributed by atoms with Crippen LogP contribution in [0.5, 0.6) is 0 Å². The fourth-order valence-electron chi connectivity index (χ4n) is 3.83. The van der Waals surface area contributed by atoms with Crippen LogP contribution in [0, 0.1) is 11.8 Å². The summed E-state index contributed by atoms with van der Waals surface area (Å²) in [6, 6.07) is 1.19. The van der Waals surface area contributed by atoms with E-state index in [1.165, 1.54) is 31.3 Å². The minimum absolute atomic E-state index is 0.148. The van der Waals surface area contributed by atoms with Gasteiger partial charge in [-0.1, -0.05) is 63.5 Å². The Hall–Kier alpha value is -0.860. The molecular formula is C19H32N2. The van der Waals surface area contributed by atoms with Crippen LogP contribution in [-0.4, -0.2) is 18.1 Å². The largest absolute Gasteiger partial charge is 0.324 e. The van der Waals surface area contributed by atoms with Crippen molar-refractivity contribution < 1.29 is 0 Å². The smallest absolute Gasteiger partial charge is 0.0311 e. The van der Waals surface area contributed by atoms with Crippen LogP contribution in [0.2, 0.25) is 0 Å². The Morgan fingerprint density at radius 1 is 1.38 bits per heavy atom. The van der Waals surface area contributed by atoms with Crippen molar-refractivity contribution in [2.75, 3.05) is 0 Å². The fourth-order valence-corrected chi connectivity index (χ4v) is 3.83. The number of rotatable bonds is 7. The lowest BCUT2D eigenvalue weighted by atomic mass is 9.76. The fraction of sp³-hybridized carbons (Fsp3) is 0.684. The normalized spacial score (nSPS) is 30.7. The minimum Gasteiger partial charge on any atom is -0.324 e. The second kappa shape index (κ2) is 7.95. The van der Waals surface area contributed by atoms with Gasteiger partial charge in [0.05, 0.1) is 0 Å². The molecule has 2 heteroatoms. The van der Waals surface area contributed by atoms with Crippen LogP contribution in [-0.2, 0) is 0 Å². The van der Waals surface area contributed by atoms with Crippen LogP contribution in [0.1, 0.15) is 52.9 Å². The van der Waals surface area contributed by atoms with Crippen LogP contribution in [0.4, 0.5) is 0 Å². The molecule has 0 fully saturated rings. The number of fused-ring (bicyclic) bond motifs is 1. The average Bonchev–Trinajstić information content (AvgIpc) is 2.48. The van der Waals surface area contributed by atoms with Crippen molar-refractivity contribution in [1.29, 1.82) is 0 Å². The molecule has 0 heterocycles. The Morgan fingerprint density at radius 2 is 2.19 bits per heavy atom. The van der Waals surface area contributed by atoms with Gasteiger partial charge in [-0.15, -0.1) is 0 Å². The van der Waals surface area contributed by atoms with Gasteiger partial charge in [0.1, 0.15) is 0 Å². The molecule has 0 aromatic rings.